The van der Waals surface area contributed by atoms with Gasteiger partial charge in [-0.3, -0.25) is 9.10 Å². The van der Waals surface area contributed by atoms with Gasteiger partial charge in [-0.15, -0.1) is 0 Å². The fourth-order valence-electron chi connectivity index (χ4n) is 3.29. The van der Waals surface area contributed by atoms with Crippen LogP contribution in [0.3, 0.4) is 0 Å². The maximum absolute atomic E-state index is 12.9. The maximum Gasteiger partial charge on any atom is 0.253 e. The Morgan fingerprint density at radius 1 is 1.03 bits per heavy atom. The summed E-state index contributed by atoms with van der Waals surface area (Å²) in [6, 6.07) is 16.3. The fraction of sp³-hybridized carbons (Fsp3) is 0.435. The number of amides is 1. The molecule has 158 valence electrons. The van der Waals surface area contributed by atoms with E-state index in [-0.39, 0.29) is 12.5 Å². The summed E-state index contributed by atoms with van der Waals surface area (Å²) in [6.07, 6.45) is 5.53. The second-order valence-electron chi connectivity index (χ2n) is 7.40. The highest BCUT2D eigenvalue weighted by Crippen LogP contribution is 2.25. The third kappa shape index (κ3) is 6.89. The summed E-state index contributed by atoms with van der Waals surface area (Å²) in [5.74, 6) is 0.193. The maximum atomic E-state index is 12.9. The first kappa shape index (κ1) is 22.9. The lowest BCUT2D eigenvalue weighted by Gasteiger charge is -2.25. The first-order valence-corrected chi connectivity index (χ1v) is 12.1. The van der Waals surface area contributed by atoms with Crippen molar-refractivity contribution in [3.63, 3.8) is 0 Å². The zero-order valence-electron chi connectivity index (χ0n) is 17.6. The van der Waals surface area contributed by atoms with Crippen LogP contribution in [-0.2, 0) is 16.6 Å². The van der Waals surface area contributed by atoms with Gasteiger partial charge in [-0.05, 0) is 30.0 Å². The molecular weight excluding hydrogens is 384 g/mol. The minimum atomic E-state index is -3.57. The molecule has 0 saturated heterocycles. The molecule has 1 atom stereocenters. The summed E-state index contributed by atoms with van der Waals surface area (Å²) in [5.41, 5.74) is 1.64. The predicted octanol–water partition coefficient (Wildman–Crippen LogP) is 4.60. The van der Waals surface area contributed by atoms with Crippen molar-refractivity contribution >= 4 is 21.6 Å². The molecule has 6 heteroatoms. The van der Waals surface area contributed by atoms with E-state index in [1.54, 1.807) is 24.3 Å². The molecule has 2 aromatic carbocycles. The Morgan fingerprint density at radius 3 is 2.31 bits per heavy atom. The van der Waals surface area contributed by atoms with Crippen LogP contribution in [0.25, 0.3) is 0 Å². The molecule has 0 spiro atoms. The molecular formula is C23H32N2O3S. The van der Waals surface area contributed by atoms with Gasteiger partial charge >= 0.3 is 0 Å². The summed E-state index contributed by atoms with van der Waals surface area (Å²) >= 11 is 0. The van der Waals surface area contributed by atoms with Crippen LogP contribution in [0.1, 0.15) is 55.5 Å². The largest absolute Gasteiger partial charge is 0.352 e. The highest BCUT2D eigenvalue weighted by Gasteiger charge is 2.23. The van der Waals surface area contributed by atoms with E-state index in [9.17, 15) is 13.2 Å². The molecule has 2 aromatic rings. The van der Waals surface area contributed by atoms with Crippen molar-refractivity contribution < 1.29 is 13.2 Å². The lowest BCUT2D eigenvalue weighted by Crippen LogP contribution is -2.34. The molecule has 0 aliphatic rings. The highest BCUT2D eigenvalue weighted by molar-refractivity contribution is 7.92. The van der Waals surface area contributed by atoms with Crippen molar-refractivity contribution in [1.82, 2.24) is 5.32 Å². The third-order valence-electron chi connectivity index (χ3n) is 5.08. The molecule has 5 nitrogen and oxygen atoms in total. The number of carbonyl (C=O) groups is 1. The molecule has 0 heterocycles. The van der Waals surface area contributed by atoms with Gasteiger partial charge < -0.3 is 5.32 Å². The SMILES string of the molecule is CCCC[C@H](CC)CNC(=O)c1ccccc1N(Cc1ccccc1)S(C)(=O)=O. The molecule has 2 rings (SSSR count). The first-order chi connectivity index (χ1) is 13.9. The lowest BCUT2D eigenvalue weighted by atomic mass is 9.99. The van der Waals surface area contributed by atoms with Crippen molar-refractivity contribution in [2.75, 3.05) is 17.1 Å². The van der Waals surface area contributed by atoms with Crippen LogP contribution in [-0.4, -0.2) is 27.1 Å². The molecule has 1 amide bonds. The summed E-state index contributed by atoms with van der Waals surface area (Å²) in [7, 11) is -3.57. The minimum Gasteiger partial charge on any atom is -0.352 e. The number of hydrogen-bond acceptors (Lipinski definition) is 3. The van der Waals surface area contributed by atoms with Gasteiger partial charge in [0.25, 0.3) is 5.91 Å². The van der Waals surface area contributed by atoms with Gasteiger partial charge in [-0.2, -0.15) is 0 Å². The Bertz CT molecular complexity index is 882. The number of nitrogens with one attached hydrogen (secondary N) is 1. The molecule has 0 radical (unpaired) electrons. The Kier molecular flexibility index (Phi) is 8.70. The van der Waals surface area contributed by atoms with Crippen molar-refractivity contribution in [2.24, 2.45) is 5.92 Å². The van der Waals surface area contributed by atoms with Crippen LogP contribution in [0.15, 0.2) is 54.6 Å². The van der Waals surface area contributed by atoms with Crippen molar-refractivity contribution in [2.45, 2.75) is 46.1 Å². The Labute approximate surface area is 175 Å². The van der Waals surface area contributed by atoms with Crippen molar-refractivity contribution in [1.29, 1.82) is 0 Å². The zero-order chi connectivity index (χ0) is 21.3. The average Bonchev–Trinajstić information content (AvgIpc) is 2.72. The predicted molar refractivity (Wildman–Crippen MR) is 120 cm³/mol. The Hall–Kier alpha value is -2.34. The molecule has 0 aliphatic carbocycles. The van der Waals surface area contributed by atoms with E-state index in [0.29, 0.717) is 23.7 Å². The third-order valence-corrected chi connectivity index (χ3v) is 6.21. The first-order valence-electron chi connectivity index (χ1n) is 10.3. The Morgan fingerprint density at radius 2 is 1.69 bits per heavy atom. The second kappa shape index (κ2) is 11.0. The highest BCUT2D eigenvalue weighted by atomic mass is 32.2. The van der Waals surface area contributed by atoms with Gasteiger partial charge in [0, 0.05) is 6.54 Å². The molecule has 0 aromatic heterocycles. The van der Waals surface area contributed by atoms with Gasteiger partial charge in [0.1, 0.15) is 0 Å². The van der Waals surface area contributed by atoms with Gasteiger partial charge in [-0.1, -0.05) is 75.6 Å². The van der Waals surface area contributed by atoms with E-state index in [0.717, 1.165) is 31.2 Å². The second-order valence-corrected chi connectivity index (χ2v) is 9.31. The quantitative estimate of drug-likeness (QED) is 0.582. The van der Waals surface area contributed by atoms with Crippen LogP contribution < -0.4 is 9.62 Å². The summed E-state index contributed by atoms with van der Waals surface area (Å²) in [4.78, 5) is 12.9. The standard InChI is InChI=1S/C23H32N2O3S/c1-4-6-12-19(5-2)17-24-23(26)21-15-10-11-16-22(21)25(29(3,27)28)18-20-13-8-7-9-14-20/h7-11,13-16,19H,4-6,12,17-18H2,1-3H3,(H,24,26)/t19-/m0/s1. The van der Waals surface area contributed by atoms with E-state index in [1.807, 2.05) is 30.3 Å². The van der Waals surface area contributed by atoms with E-state index >= 15 is 0 Å². The number of nitrogens with zero attached hydrogens (tertiary/aromatic N) is 1. The minimum absolute atomic E-state index is 0.179. The van der Waals surface area contributed by atoms with E-state index in [2.05, 4.69) is 19.2 Å². The number of sulfonamides is 1. The van der Waals surface area contributed by atoms with Gasteiger partial charge in [0.2, 0.25) is 10.0 Å². The van der Waals surface area contributed by atoms with Crippen LogP contribution in [0.4, 0.5) is 5.69 Å². The summed E-state index contributed by atoms with van der Waals surface area (Å²) < 4.78 is 26.4. The normalized spacial score (nSPS) is 12.4. The zero-order valence-corrected chi connectivity index (χ0v) is 18.4. The van der Waals surface area contributed by atoms with Crippen LogP contribution in [0.2, 0.25) is 0 Å². The molecule has 0 bridgehead atoms. The van der Waals surface area contributed by atoms with Gasteiger partial charge in [0.05, 0.1) is 24.1 Å². The van der Waals surface area contributed by atoms with E-state index in [1.165, 1.54) is 10.6 Å². The number of hydrogen-bond donors (Lipinski definition) is 1. The molecule has 29 heavy (non-hydrogen) atoms. The number of unbranched alkanes of at least 4 members (excludes halogenated alkanes) is 1. The smallest absolute Gasteiger partial charge is 0.253 e. The molecule has 0 aliphatic heterocycles. The Balaban J connectivity index is 2.25. The van der Waals surface area contributed by atoms with E-state index < -0.39 is 10.0 Å². The lowest BCUT2D eigenvalue weighted by molar-refractivity contribution is 0.0946. The molecule has 0 unspecified atom stereocenters. The molecule has 1 N–H and O–H groups in total. The van der Waals surface area contributed by atoms with Gasteiger partial charge in [0.15, 0.2) is 0 Å². The van der Waals surface area contributed by atoms with Gasteiger partial charge in [-0.25, -0.2) is 8.42 Å². The summed E-state index contributed by atoms with van der Waals surface area (Å²) in [6.45, 7) is 5.07. The molecule has 0 fully saturated rings. The number of para-hydroxylation sites is 1. The van der Waals surface area contributed by atoms with E-state index in [4.69, 9.17) is 0 Å². The summed E-state index contributed by atoms with van der Waals surface area (Å²) in [5, 5.41) is 3.01. The van der Waals surface area contributed by atoms with Crippen molar-refractivity contribution in [3.8, 4) is 0 Å². The number of anilines is 1. The van der Waals surface area contributed by atoms with Crippen LogP contribution >= 0.6 is 0 Å². The number of benzene rings is 2. The van der Waals surface area contributed by atoms with Crippen LogP contribution in [0, 0.1) is 5.92 Å². The van der Waals surface area contributed by atoms with Crippen molar-refractivity contribution in [3.05, 3.63) is 65.7 Å². The topological polar surface area (TPSA) is 66.5 Å². The van der Waals surface area contributed by atoms with Crippen LogP contribution in [0.5, 0.6) is 0 Å². The molecule has 0 saturated carbocycles. The monoisotopic (exact) mass is 416 g/mol. The fourth-order valence-corrected chi connectivity index (χ4v) is 4.19. The average molecular weight is 417 g/mol. The number of carbonyl (C=O) groups excluding carboxylic acids is 1. The number of rotatable bonds is 11.